The van der Waals surface area contributed by atoms with Crippen LogP contribution in [0.3, 0.4) is 0 Å². The predicted octanol–water partition coefficient (Wildman–Crippen LogP) is 2.70. The quantitative estimate of drug-likeness (QED) is 0.845. The molecule has 23 heavy (non-hydrogen) atoms. The molecule has 0 aliphatic carbocycles. The van der Waals surface area contributed by atoms with Crippen molar-refractivity contribution in [1.29, 1.82) is 5.26 Å². The monoisotopic (exact) mass is 330 g/mol. The smallest absolute Gasteiger partial charge is 0.246 e. The van der Waals surface area contributed by atoms with E-state index in [1.54, 1.807) is 36.4 Å². The largest absolute Gasteiger partial charge is 0.487 e. The number of ether oxygens (including phenoxy) is 1. The van der Waals surface area contributed by atoms with Crippen LogP contribution in [0.1, 0.15) is 16.7 Å². The Morgan fingerprint density at radius 2 is 1.87 bits per heavy atom. The Bertz CT molecular complexity index is 852. The maximum absolute atomic E-state index is 12.4. The lowest BCUT2D eigenvalue weighted by Gasteiger charge is -2.16. The summed E-state index contributed by atoms with van der Waals surface area (Å²) in [6.45, 7) is 1.95. The van der Waals surface area contributed by atoms with E-state index in [1.165, 1.54) is 14.1 Å². The van der Waals surface area contributed by atoms with E-state index in [-0.39, 0.29) is 17.3 Å². The Balaban J connectivity index is 2.36. The van der Waals surface area contributed by atoms with Crippen LogP contribution in [0.2, 0.25) is 0 Å². The molecule has 0 atom stereocenters. The summed E-state index contributed by atoms with van der Waals surface area (Å²) in [5.74, 6) is 0.275. The molecule has 0 fully saturated rings. The minimum atomic E-state index is -3.61. The second-order valence-corrected chi connectivity index (χ2v) is 7.42. The van der Waals surface area contributed by atoms with Gasteiger partial charge in [0.2, 0.25) is 10.0 Å². The van der Waals surface area contributed by atoms with Crippen LogP contribution in [-0.4, -0.2) is 26.8 Å². The molecule has 0 amide bonds. The number of sulfonamides is 1. The molecule has 5 nitrogen and oxygen atoms in total. The molecule has 0 aliphatic rings. The highest BCUT2D eigenvalue weighted by atomic mass is 32.2. The van der Waals surface area contributed by atoms with Crippen molar-refractivity contribution in [2.75, 3.05) is 14.1 Å². The summed E-state index contributed by atoms with van der Waals surface area (Å²) in [4.78, 5) is 0.122. The van der Waals surface area contributed by atoms with E-state index in [0.717, 1.165) is 9.87 Å². The van der Waals surface area contributed by atoms with Crippen molar-refractivity contribution in [2.45, 2.75) is 18.4 Å². The normalized spacial score (nSPS) is 11.3. The highest BCUT2D eigenvalue weighted by Gasteiger charge is 2.22. The molecule has 0 saturated carbocycles. The van der Waals surface area contributed by atoms with Gasteiger partial charge < -0.3 is 4.74 Å². The van der Waals surface area contributed by atoms with Crippen LogP contribution in [0, 0.1) is 18.3 Å². The van der Waals surface area contributed by atoms with Gasteiger partial charge in [0.15, 0.2) is 0 Å². The van der Waals surface area contributed by atoms with Gasteiger partial charge in [-0.3, -0.25) is 0 Å². The average Bonchev–Trinajstić information content (AvgIpc) is 2.53. The lowest BCUT2D eigenvalue weighted by atomic mass is 10.1. The van der Waals surface area contributed by atoms with Crippen molar-refractivity contribution < 1.29 is 13.2 Å². The maximum Gasteiger partial charge on any atom is 0.246 e. The van der Waals surface area contributed by atoms with Crippen LogP contribution in [0.15, 0.2) is 47.4 Å². The van der Waals surface area contributed by atoms with Gasteiger partial charge in [-0.05, 0) is 30.7 Å². The molecule has 2 rings (SSSR count). The molecule has 0 heterocycles. The molecule has 120 valence electrons. The number of nitriles is 1. The van der Waals surface area contributed by atoms with E-state index in [4.69, 9.17) is 10.00 Å². The summed E-state index contributed by atoms with van der Waals surface area (Å²) >= 11 is 0. The molecule has 0 saturated heterocycles. The van der Waals surface area contributed by atoms with Crippen molar-refractivity contribution in [1.82, 2.24) is 4.31 Å². The van der Waals surface area contributed by atoms with Crippen LogP contribution in [0.4, 0.5) is 0 Å². The summed E-state index contributed by atoms with van der Waals surface area (Å²) in [7, 11) is -0.650. The van der Waals surface area contributed by atoms with E-state index in [9.17, 15) is 8.42 Å². The number of benzene rings is 2. The summed E-state index contributed by atoms with van der Waals surface area (Å²) in [5, 5.41) is 9.10. The molecule has 0 aliphatic heterocycles. The standard InChI is InChI=1S/C17H18N2O3S/c1-13-8-9-16(17(10-13)23(20,21)19(2)3)22-12-15-7-5-4-6-14(15)11-18/h4-10H,12H2,1-3H3. The van der Waals surface area contributed by atoms with Crippen molar-refractivity contribution in [3.8, 4) is 11.8 Å². The number of aryl methyl sites for hydroxylation is 1. The van der Waals surface area contributed by atoms with Gasteiger partial charge in [0.1, 0.15) is 17.3 Å². The van der Waals surface area contributed by atoms with Gasteiger partial charge in [-0.1, -0.05) is 24.3 Å². The third-order valence-corrected chi connectivity index (χ3v) is 5.22. The van der Waals surface area contributed by atoms with Gasteiger partial charge in [0.05, 0.1) is 11.6 Å². The van der Waals surface area contributed by atoms with E-state index in [2.05, 4.69) is 6.07 Å². The van der Waals surface area contributed by atoms with Gasteiger partial charge in [-0.25, -0.2) is 12.7 Å². The van der Waals surface area contributed by atoms with Crippen molar-refractivity contribution in [3.05, 3.63) is 59.2 Å². The first-order valence-electron chi connectivity index (χ1n) is 7.00. The minimum absolute atomic E-state index is 0.122. The van der Waals surface area contributed by atoms with E-state index in [1.807, 2.05) is 13.0 Å². The van der Waals surface area contributed by atoms with Crippen LogP contribution in [0.25, 0.3) is 0 Å². The predicted molar refractivity (Wildman–Crippen MR) is 87.5 cm³/mol. The van der Waals surface area contributed by atoms with E-state index < -0.39 is 10.0 Å². The minimum Gasteiger partial charge on any atom is -0.487 e. The molecule has 0 aromatic heterocycles. The molecule has 0 radical (unpaired) electrons. The first-order valence-corrected chi connectivity index (χ1v) is 8.44. The molecule has 6 heteroatoms. The Morgan fingerprint density at radius 1 is 1.17 bits per heavy atom. The average molecular weight is 330 g/mol. The zero-order valence-electron chi connectivity index (χ0n) is 13.3. The summed E-state index contributed by atoms with van der Waals surface area (Å²) in [6.07, 6.45) is 0. The summed E-state index contributed by atoms with van der Waals surface area (Å²) < 4.78 is 31.7. The van der Waals surface area contributed by atoms with Crippen LogP contribution in [-0.2, 0) is 16.6 Å². The van der Waals surface area contributed by atoms with Gasteiger partial charge in [-0.15, -0.1) is 0 Å². The van der Waals surface area contributed by atoms with Crippen molar-refractivity contribution in [3.63, 3.8) is 0 Å². The van der Waals surface area contributed by atoms with Crippen molar-refractivity contribution >= 4 is 10.0 Å². The number of nitrogens with zero attached hydrogens (tertiary/aromatic N) is 2. The first kappa shape index (κ1) is 17.0. The zero-order valence-corrected chi connectivity index (χ0v) is 14.1. The van der Waals surface area contributed by atoms with Crippen LogP contribution < -0.4 is 4.74 Å². The van der Waals surface area contributed by atoms with Gasteiger partial charge in [0, 0.05) is 19.7 Å². The lowest BCUT2D eigenvalue weighted by molar-refractivity contribution is 0.297. The fourth-order valence-corrected chi connectivity index (χ4v) is 3.15. The Labute approximate surface area is 136 Å². The molecule has 2 aromatic carbocycles. The third-order valence-electron chi connectivity index (χ3n) is 3.38. The SMILES string of the molecule is Cc1ccc(OCc2ccccc2C#N)c(S(=O)(=O)N(C)C)c1. The zero-order chi connectivity index (χ0) is 17.0. The van der Waals surface area contributed by atoms with Crippen LogP contribution in [0.5, 0.6) is 5.75 Å². The summed E-state index contributed by atoms with van der Waals surface area (Å²) in [5.41, 5.74) is 2.05. The first-order chi connectivity index (χ1) is 10.9. The molecular formula is C17H18N2O3S. The Morgan fingerprint density at radius 3 is 2.52 bits per heavy atom. The topological polar surface area (TPSA) is 70.4 Å². The fraction of sp³-hybridized carbons (Fsp3) is 0.235. The lowest BCUT2D eigenvalue weighted by Crippen LogP contribution is -2.23. The maximum atomic E-state index is 12.4. The third kappa shape index (κ3) is 3.70. The molecule has 0 unspecified atom stereocenters. The Hall–Kier alpha value is -2.36. The number of hydrogen-bond acceptors (Lipinski definition) is 4. The van der Waals surface area contributed by atoms with Gasteiger partial charge in [0.25, 0.3) is 0 Å². The molecule has 2 aromatic rings. The highest BCUT2D eigenvalue weighted by molar-refractivity contribution is 7.89. The molecular weight excluding hydrogens is 312 g/mol. The van der Waals surface area contributed by atoms with Gasteiger partial charge in [-0.2, -0.15) is 5.26 Å². The van der Waals surface area contributed by atoms with Gasteiger partial charge >= 0.3 is 0 Å². The van der Waals surface area contributed by atoms with Crippen LogP contribution >= 0.6 is 0 Å². The fourth-order valence-electron chi connectivity index (χ4n) is 2.04. The molecule has 0 spiro atoms. The Kier molecular flexibility index (Phi) is 5.04. The molecule has 0 bridgehead atoms. The summed E-state index contributed by atoms with van der Waals surface area (Å²) in [6, 6.07) is 14.2. The molecule has 0 N–H and O–H groups in total. The van der Waals surface area contributed by atoms with E-state index in [0.29, 0.717) is 11.1 Å². The second kappa shape index (κ2) is 6.82. The van der Waals surface area contributed by atoms with Crippen molar-refractivity contribution in [2.24, 2.45) is 0 Å². The second-order valence-electron chi connectivity index (χ2n) is 5.30. The van der Waals surface area contributed by atoms with E-state index >= 15 is 0 Å². The highest BCUT2D eigenvalue weighted by Crippen LogP contribution is 2.28. The number of hydrogen-bond donors (Lipinski definition) is 0. The number of rotatable bonds is 5.